The second-order valence-corrected chi connectivity index (χ2v) is 4.90. The fraction of sp³-hybridized carbons (Fsp3) is 0.438. The molecule has 5 heteroatoms. The third-order valence-electron chi connectivity index (χ3n) is 3.47. The third kappa shape index (κ3) is 3.76. The zero-order valence-corrected chi connectivity index (χ0v) is 13.1. The second kappa shape index (κ2) is 7.13. The van der Waals surface area contributed by atoms with Crippen molar-refractivity contribution in [3.8, 4) is 11.5 Å². The largest absolute Gasteiger partial charge is 0.493 e. The summed E-state index contributed by atoms with van der Waals surface area (Å²) >= 11 is 0. The first-order valence-electron chi connectivity index (χ1n) is 7.11. The van der Waals surface area contributed by atoms with Gasteiger partial charge in [-0.25, -0.2) is 0 Å². The fourth-order valence-electron chi connectivity index (χ4n) is 2.24. The first-order chi connectivity index (χ1) is 10.2. The molecule has 5 nitrogen and oxygen atoms in total. The number of aromatic nitrogens is 2. The van der Waals surface area contributed by atoms with Crippen LogP contribution < -0.4 is 14.8 Å². The molecule has 0 aliphatic rings. The van der Waals surface area contributed by atoms with Gasteiger partial charge in [0.1, 0.15) is 0 Å². The summed E-state index contributed by atoms with van der Waals surface area (Å²) in [6, 6.07) is 8.10. The van der Waals surface area contributed by atoms with E-state index in [1.54, 1.807) is 14.2 Å². The fourth-order valence-corrected chi connectivity index (χ4v) is 2.24. The van der Waals surface area contributed by atoms with Crippen molar-refractivity contribution < 1.29 is 9.47 Å². The Morgan fingerprint density at radius 1 is 1.10 bits per heavy atom. The molecular weight excluding hydrogens is 266 g/mol. The molecule has 1 heterocycles. The Bertz CT molecular complexity index is 593. The standard InChI is InChI=1S/C16H23N3O2/c1-5-13-9-14(19(2)18-13)11-17-10-12-6-7-15(20-3)16(8-12)21-4/h6-9,17H,5,10-11H2,1-4H3. The Hall–Kier alpha value is -2.01. The lowest BCUT2D eigenvalue weighted by atomic mass is 10.2. The van der Waals surface area contributed by atoms with E-state index in [0.29, 0.717) is 0 Å². The Morgan fingerprint density at radius 2 is 1.86 bits per heavy atom. The summed E-state index contributed by atoms with van der Waals surface area (Å²) in [7, 11) is 5.27. The van der Waals surface area contributed by atoms with Gasteiger partial charge in [0, 0.05) is 20.1 Å². The highest BCUT2D eigenvalue weighted by Gasteiger charge is 2.06. The molecule has 0 aliphatic heterocycles. The topological polar surface area (TPSA) is 48.3 Å². The number of hydrogen-bond acceptors (Lipinski definition) is 4. The summed E-state index contributed by atoms with van der Waals surface area (Å²) in [5.41, 5.74) is 3.47. The van der Waals surface area contributed by atoms with Gasteiger partial charge < -0.3 is 14.8 Å². The van der Waals surface area contributed by atoms with Crippen LogP contribution in [0.5, 0.6) is 11.5 Å². The lowest BCUT2D eigenvalue weighted by Crippen LogP contribution is -2.15. The monoisotopic (exact) mass is 289 g/mol. The van der Waals surface area contributed by atoms with E-state index in [0.717, 1.165) is 42.3 Å². The molecule has 2 rings (SSSR count). The normalized spacial score (nSPS) is 10.7. The van der Waals surface area contributed by atoms with E-state index in [-0.39, 0.29) is 0 Å². The van der Waals surface area contributed by atoms with Crippen LogP contribution in [-0.4, -0.2) is 24.0 Å². The Balaban J connectivity index is 1.95. The average molecular weight is 289 g/mol. The van der Waals surface area contributed by atoms with Crippen molar-refractivity contribution in [2.75, 3.05) is 14.2 Å². The highest BCUT2D eigenvalue weighted by Crippen LogP contribution is 2.27. The second-order valence-electron chi connectivity index (χ2n) is 4.90. The molecule has 0 saturated carbocycles. The number of ether oxygens (including phenoxy) is 2. The van der Waals surface area contributed by atoms with Gasteiger partial charge in [0.25, 0.3) is 0 Å². The van der Waals surface area contributed by atoms with Crippen LogP contribution in [0.1, 0.15) is 23.9 Å². The van der Waals surface area contributed by atoms with Crippen LogP contribution in [0.3, 0.4) is 0 Å². The summed E-state index contributed by atoms with van der Waals surface area (Å²) in [6.45, 7) is 3.67. The van der Waals surface area contributed by atoms with Crippen molar-refractivity contribution in [1.29, 1.82) is 0 Å². The molecule has 21 heavy (non-hydrogen) atoms. The molecule has 0 unspecified atom stereocenters. The zero-order chi connectivity index (χ0) is 15.2. The summed E-state index contributed by atoms with van der Waals surface area (Å²) < 4.78 is 12.5. The summed E-state index contributed by atoms with van der Waals surface area (Å²) in [5.74, 6) is 1.51. The van der Waals surface area contributed by atoms with E-state index < -0.39 is 0 Å². The molecule has 0 spiro atoms. The van der Waals surface area contributed by atoms with Crippen LogP contribution in [0, 0.1) is 0 Å². The summed E-state index contributed by atoms with van der Waals surface area (Å²) in [6.07, 6.45) is 0.962. The maximum Gasteiger partial charge on any atom is 0.161 e. The van der Waals surface area contributed by atoms with E-state index in [1.807, 2.05) is 29.9 Å². The van der Waals surface area contributed by atoms with Gasteiger partial charge in [-0.05, 0) is 30.2 Å². The Kier molecular flexibility index (Phi) is 5.22. The molecule has 0 saturated heterocycles. The maximum atomic E-state index is 5.31. The molecule has 2 aromatic rings. The Morgan fingerprint density at radius 3 is 2.48 bits per heavy atom. The number of nitrogens with one attached hydrogen (secondary N) is 1. The molecular formula is C16H23N3O2. The molecule has 0 atom stereocenters. The van der Waals surface area contributed by atoms with Crippen LogP contribution in [0.25, 0.3) is 0 Å². The van der Waals surface area contributed by atoms with Crippen molar-refractivity contribution >= 4 is 0 Å². The van der Waals surface area contributed by atoms with Crippen LogP contribution in [0.4, 0.5) is 0 Å². The SMILES string of the molecule is CCc1cc(CNCc2ccc(OC)c(OC)c2)n(C)n1. The quantitative estimate of drug-likeness (QED) is 0.849. The number of aryl methyl sites for hydroxylation is 2. The van der Waals surface area contributed by atoms with Gasteiger partial charge in [-0.2, -0.15) is 5.10 Å². The van der Waals surface area contributed by atoms with Crippen molar-refractivity contribution in [3.63, 3.8) is 0 Å². The lowest BCUT2D eigenvalue weighted by molar-refractivity contribution is 0.354. The molecule has 0 amide bonds. The highest BCUT2D eigenvalue weighted by molar-refractivity contribution is 5.42. The van der Waals surface area contributed by atoms with E-state index in [1.165, 1.54) is 5.69 Å². The highest BCUT2D eigenvalue weighted by atomic mass is 16.5. The third-order valence-corrected chi connectivity index (χ3v) is 3.47. The first-order valence-corrected chi connectivity index (χ1v) is 7.11. The molecule has 0 bridgehead atoms. The van der Waals surface area contributed by atoms with E-state index in [9.17, 15) is 0 Å². The van der Waals surface area contributed by atoms with Gasteiger partial charge in [0.05, 0.1) is 25.6 Å². The number of methoxy groups -OCH3 is 2. The maximum absolute atomic E-state index is 5.31. The van der Waals surface area contributed by atoms with Crippen molar-refractivity contribution in [1.82, 2.24) is 15.1 Å². The van der Waals surface area contributed by atoms with Gasteiger partial charge in [-0.1, -0.05) is 13.0 Å². The van der Waals surface area contributed by atoms with Crippen LogP contribution >= 0.6 is 0 Å². The smallest absolute Gasteiger partial charge is 0.161 e. The molecule has 0 radical (unpaired) electrons. The van der Waals surface area contributed by atoms with Gasteiger partial charge in [0.2, 0.25) is 0 Å². The lowest BCUT2D eigenvalue weighted by Gasteiger charge is -2.10. The molecule has 1 aromatic carbocycles. The summed E-state index contributed by atoms with van der Waals surface area (Å²) in [5, 5.41) is 7.87. The molecule has 114 valence electrons. The minimum atomic E-state index is 0.750. The first kappa shape index (κ1) is 15.4. The van der Waals surface area contributed by atoms with Crippen molar-refractivity contribution in [2.24, 2.45) is 7.05 Å². The van der Waals surface area contributed by atoms with Gasteiger partial charge in [0.15, 0.2) is 11.5 Å². The minimum Gasteiger partial charge on any atom is -0.493 e. The predicted octanol–water partition coefficient (Wildman–Crippen LogP) is 2.29. The van der Waals surface area contributed by atoms with E-state index in [2.05, 4.69) is 23.4 Å². The number of hydrogen-bond donors (Lipinski definition) is 1. The number of rotatable bonds is 7. The summed E-state index contributed by atoms with van der Waals surface area (Å²) in [4.78, 5) is 0. The van der Waals surface area contributed by atoms with Crippen molar-refractivity contribution in [2.45, 2.75) is 26.4 Å². The predicted molar refractivity (Wildman–Crippen MR) is 82.7 cm³/mol. The molecule has 1 aromatic heterocycles. The van der Waals surface area contributed by atoms with Crippen LogP contribution in [-0.2, 0) is 26.6 Å². The number of nitrogens with zero attached hydrogens (tertiary/aromatic N) is 2. The van der Waals surface area contributed by atoms with E-state index >= 15 is 0 Å². The minimum absolute atomic E-state index is 0.750. The average Bonchev–Trinajstić information content (AvgIpc) is 2.87. The van der Waals surface area contributed by atoms with Gasteiger partial charge >= 0.3 is 0 Å². The van der Waals surface area contributed by atoms with Crippen LogP contribution in [0.15, 0.2) is 24.3 Å². The zero-order valence-electron chi connectivity index (χ0n) is 13.1. The molecule has 1 N–H and O–H groups in total. The molecule has 0 aliphatic carbocycles. The molecule has 0 fully saturated rings. The Labute approximate surface area is 125 Å². The van der Waals surface area contributed by atoms with E-state index in [4.69, 9.17) is 9.47 Å². The van der Waals surface area contributed by atoms with Gasteiger partial charge in [-0.15, -0.1) is 0 Å². The van der Waals surface area contributed by atoms with Gasteiger partial charge in [-0.3, -0.25) is 4.68 Å². The van der Waals surface area contributed by atoms with Crippen LogP contribution in [0.2, 0.25) is 0 Å². The number of benzene rings is 1. The van der Waals surface area contributed by atoms with Crippen molar-refractivity contribution in [3.05, 3.63) is 41.2 Å².